The molecule has 0 aliphatic heterocycles. The van der Waals surface area contributed by atoms with Gasteiger partial charge in [0.1, 0.15) is 5.82 Å². The summed E-state index contributed by atoms with van der Waals surface area (Å²) in [7, 11) is -3.17. The number of sulfone groups is 1. The van der Waals surface area contributed by atoms with Crippen LogP contribution in [0, 0.1) is 5.82 Å². The number of benzene rings is 3. The summed E-state index contributed by atoms with van der Waals surface area (Å²) in [6.07, 6.45) is 0. The first-order valence-corrected chi connectivity index (χ1v) is 11.8. The zero-order valence-electron chi connectivity index (χ0n) is 15.5. The molecule has 0 aliphatic rings. The Kier molecular flexibility index (Phi) is 7.06. The van der Waals surface area contributed by atoms with Crippen LogP contribution in [0.1, 0.15) is 15.9 Å². The monoisotopic (exact) mass is 429 g/mol. The van der Waals surface area contributed by atoms with Gasteiger partial charge in [-0.25, -0.2) is 12.8 Å². The van der Waals surface area contributed by atoms with Crippen LogP contribution in [0.3, 0.4) is 0 Å². The lowest BCUT2D eigenvalue weighted by Gasteiger charge is -2.07. The van der Waals surface area contributed by atoms with Crippen molar-refractivity contribution in [3.8, 4) is 0 Å². The smallest absolute Gasteiger partial charge is 0.255 e. The van der Waals surface area contributed by atoms with Gasteiger partial charge in [0.2, 0.25) is 0 Å². The van der Waals surface area contributed by atoms with Crippen molar-refractivity contribution in [3.05, 3.63) is 95.8 Å². The number of hydrogen-bond donors (Lipinski definition) is 1. The Bertz CT molecular complexity index is 1050. The number of hydrogen-bond acceptors (Lipinski definition) is 4. The van der Waals surface area contributed by atoms with Crippen molar-refractivity contribution in [2.75, 3.05) is 16.8 Å². The van der Waals surface area contributed by atoms with Crippen LogP contribution in [0.5, 0.6) is 0 Å². The van der Waals surface area contributed by atoms with Crippen molar-refractivity contribution in [2.24, 2.45) is 0 Å². The maximum absolute atomic E-state index is 12.9. The van der Waals surface area contributed by atoms with Gasteiger partial charge >= 0.3 is 0 Å². The van der Waals surface area contributed by atoms with Crippen molar-refractivity contribution in [1.82, 2.24) is 0 Å². The predicted molar refractivity (Wildman–Crippen MR) is 115 cm³/mol. The fourth-order valence-corrected chi connectivity index (χ4v) is 5.38. The molecule has 0 aromatic heterocycles. The van der Waals surface area contributed by atoms with Crippen LogP contribution in [-0.2, 0) is 15.6 Å². The summed E-state index contributed by atoms with van der Waals surface area (Å²) in [6, 6.07) is 21.6. The summed E-state index contributed by atoms with van der Waals surface area (Å²) >= 11 is 1.45. The van der Waals surface area contributed by atoms with Crippen LogP contribution < -0.4 is 5.32 Å². The van der Waals surface area contributed by atoms with E-state index in [9.17, 15) is 17.6 Å². The Morgan fingerprint density at radius 1 is 0.897 bits per heavy atom. The molecule has 0 heterocycles. The van der Waals surface area contributed by atoms with Gasteiger partial charge in [-0.3, -0.25) is 4.79 Å². The Morgan fingerprint density at radius 2 is 1.55 bits per heavy atom. The molecule has 0 bridgehead atoms. The average molecular weight is 430 g/mol. The summed E-state index contributed by atoms with van der Waals surface area (Å²) in [6.45, 7) is 0. The molecule has 3 rings (SSSR count). The lowest BCUT2D eigenvalue weighted by atomic mass is 10.2. The molecule has 3 aromatic carbocycles. The molecule has 150 valence electrons. The highest BCUT2D eigenvalue weighted by Gasteiger charge is 2.12. The molecule has 0 fully saturated rings. The predicted octanol–water partition coefficient (Wildman–Crippen LogP) is 4.79. The molecule has 0 spiro atoms. The highest BCUT2D eigenvalue weighted by atomic mass is 32.2. The van der Waals surface area contributed by atoms with Crippen LogP contribution in [-0.4, -0.2) is 25.8 Å². The number of rotatable bonds is 8. The van der Waals surface area contributed by atoms with Gasteiger partial charge in [-0.15, -0.1) is 11.8 Å². The van der Waals surface area contributed by atoms with Crippen molar-refractivity contribution >= 4 is 33.2 Å². The molecule has 0 saturated carbocycles. The zero-order chi connectivity index (χ0) is 20.7. The van der Waals surface area contributed by atoms with E-state index in [2.05, 4.69) is 5.32 Å². The second-order valence-electron chi connectivity index (χ2n) is 6.41. The van der Waals surface area contributed by atoms with Crippen LogP contribution in [0.15, 0.2) is 83.8 Å². The molecule has 29 heavy (non-hydrogen) atoms. The summed E-state index contributed by atoms with van der Waals surface area (Å²) in [5.41, 5.74) is 1.77. The Hall–Kier alpha value is -2.64. The molecule has 1 N–H and O–H groups in total. The van der Waals surface area contributed by atoms with Gasteiger partial charge in [-0.2, -0.15) is 0 Å². The minimum absolute atomic E-state index is 0.0444. The van der Waals surface area contributed by atoms with Crippen molar-refractivity contribution < 1.29 is 17.6 Å². The SMILES string of the molecule is O=C(Nc1ccc(SCCS(=O)(=O)Cc2ccccc2)cc1)c1ccc(F)cc1. The van der Waals surface area contributed by atoms with Crippen LogP contribution in [0.2, 0.25) is 0 Å². The lowest BCUT2D eigenvalue weighted by molar-refractivity contribution is 0.102. The zero-order valence-corrected chi connectivity index (χ0v) is 17.2. The highest BCUT2D eigenvalue weighted by molar-refractivity contribution is 8.00. The van der Waals surface area contributed by atoms with Gasteiger partial charge < -0.3 is 5.32 Å². The number of anilines is 1. The fourth-order valence-electron chi connectivity index (χ4n) is 2.63. The molecule has 4 nitrogen and oxygen atoms in total. The number of thioether (sulfide) groups is 1. The molecule has 1 amide bonds. The number of carbonyl (C=O) groups excluding carboxylic acids is 1. The van der Waals surface area contributed by atoms with E-state index in [0.717, 1.165) is 10.5 Å². The first kappa shape index (κ1) is 21.1. The van der Waals surface area contributed by atoms with Gasteiger partial charge in [0.05, 0.1) is 11.5 Å². The summed E-state index contributed by atoms with van der Waals surface area (Å²) in [5.74, 6) is -0.124. The Labute approximate surface area is 174 Å². The molecule has 0 atom stereocenters. The largest absolute Gasteiger partial charge is 0.322 e. The Balaban J connectivity index is 1.49. The first-order valence-electron chi connectivity index (χ1n) is 8.95. The minimum Gasteiger partial charge on any atom is -0.322 e. The van der Waals surface area contributed by atoms with Crippen molar-refractivity contribution in [2.45, 2.75) is 10.6 Å². The van der Waals surface area contributed by atoms with Crippen molar-refractivity contribution in [1.29, 1.82) is 0 Å². The van der Waals surface area contributed by atoms with Gasteiger partial charge in [-0.05, 0) is 54.1 Å². The average Bonchev–Trinajstić information content (AvgIpc) is 2.70. The molecule has 0 saturated heterocycles. The topological polar surface area (TPSA) is 63.2 Å². The molecule has 0 unspecified atom stereocenters. The lowest BCUT2D eigenvalue weighted by Crippen LogP contribution is -2.12. The van der Waals surface area contributed by atoms with Crippen LogP contribution >= 0.6 is 11.8 Å². The molecule has 7 heteroatoms. The normalized spacial score (nSPS) is 11.2. The summed E-state index contributed by atoms with van der Waals surface area (Å²) in [4.78, 5) is 13.1. The van der Waals surface area contributed by atoms with E-state index < -0.39 is 15.7 Å². The van der Waals surface area contributed by atoms with E-state index in [-0.39, 0.29) is 17.4 Å². The maximum atomic E-state index is 12.9. The Morgan fingerprint density at radius 3 is 2.21 bits per heavy atom. The molecular formula is C22H20FNO3S2. The van der Waals surface area contributed by atoms with E-state index in [1.54, 1.807) is 12.1 Å². The molecular weight excluding hydrogens is 409 g/mol. The van der Waals surface area contributed by atoms with Crippen molar-refractivity contribution in [3.63, 3.8) is 0 Å². The van der Waals surface area contributed by atoms with E-state index in [1.165, 1.54) is 36.0 Å². The van der Waals surface area contributed by atoms with E-state index >= 15 is 0 Å². The second-order valence-corrected chi connectivity index (χ2v) is 9.76. The van der Waals surface area contributed by atoms with Gasteiger partial charge in [0.25, 0.3) is 5.91 Å². The van der Waals surface area contributed by atoms with Crippen LogP contribution in [0.4, 0.5) is 10.1 Å². The number of halogens is 1. The molecule has 0 aliphatic carbocycles. The number of carbonyl (C=O) groups is 1. The van der Waals surface area contributed by atoms with Crippen LogP contribution in [0.25, 0.3) is 0 Å². The minimum atomic E-state index is -3.17. The van der Waals surface area contributed by atoms with E-state index in [4.69, 9.17) is 0 Å². The highest BCUT2D eigenvalue weighted by Crippen LogP contribution is 2.21. The molecule has 3 aromatic rings. The first-order chi connectivity index (χ1) is 13.9. The van der Waals surface area contributed by atoms with Gasteiger partial charge in [0.15, 0.2) is 9.84 Å². The standard InChI is InChI=1S/C22H20FNO3S2/c23-19-8-6-18(7-9-19)22(25)24-20-10-12-21(13-11-20)28-14-15-29(26,27)16-17-4-2-1-3-5-17/h1-13H,14-16H2,(H,24,25). The summed E-state index contributed by atoms with van der Waals surface area (Å²) in [5, 5.41) is 2.75. The third-order valence-corrected chi connectivity index (χ3v) is 6.98. The third kappa shape index (κ3) is 6.73. The van der Waals surface area contributed by atoms with Gasteiger partial charge in [0, 0.05) is 21.9 Å². The quantitative estimate of drug-likeness (QED) is 0.523. The number of amides is 1. The van der Waals surface area contributed by atoms with Gasteiger partial charge in [-0.1, -0.05) is 30.3 Å². The van der Waals surface area contributed by atoms with E-state index in [0.29, 0.717) is 17.0 Å². The fraction of sp³-hybridized carbons (Fsp3) is 0.136. The summed E-state index contributed by atoms with van der Waals surface area (Å²) < 4.78 is 37.4. The molecule has 0 radical (unpaired) electrons. The third-order valence-electron chi connectivity index (χ3n) is 4.11. The van der Waals surface area contributed by atoms with E-state index in [1.807, 2.05) is 42.5 Å². The number of nitrogens with one attached hydrogen (secondary N) is 1. The second kappa shape index (κ2) is 9.71. The maximum Gasteiger partial charge on any atom is 0.255 e.